The van der Waals surface area contributed by atoms with E-state index in [9.17, 15) is 19.2 Å². The Hall–Kier alpha value is -1.96. The molecular formula is C12H20N4O4. The molecule has 8 heteroatoms. The summed E-state index contributed by atoms with van der Waals surface area (Å²) in [6, 6.07) is 0. The van der Waals surface area contributed by atoms with Crippen LogP contribution in [0.25, 0.3) is 0 Å². The van der Waals surface area contributed by atoms with Crippen molar-refractivity contribution in [3.8, 4) is 0 Å². The topological polar surface area (TPSA) is 127 Å². The van der Waals surface area contributed by atoms with Crippen molar-refractivity contribution in [2.45, 2.75) is 19.8 Å². The number of nitrogens with two attached hydrogens (primary N) is 2. The van der Waals surface area contributed by atoms with E-state index in [0.29, 0.717) is 12.8 Å². The monoisotopic (exact) mass is 284 g/mol. The van der Waals surface area contributed by atoms with E-state index in [1.807, 2.05) is 0 Å². The van der Waals surface area contributed by atoms with Crippen LogP contribution in [-0.2, 0) is 19.2 Å². The van der Waals surface area contributed by atoms with Crippen molar-refractivity contribution in [1.29, 1.82) is 0 Å². The smallest absolute Gasteiger partial charge is 0.318 e. The van der Waals surface area contributed by atoms with E-state index in [2.05, 4.69) is 0 Å². The van der Waals surface area contributed by atoms with Crippen LogP contribution in [0, 0.1) is 5.92 Å². The lowest BCUT2D eigenvalue weighted by atomic mass is 9.96. The summed E-state index contributed by atoms with van der Waals surface area (Å²) >= 11 is 0. The third kappa shape index (κ3) is 3.77. The third-order valence-electron chi connectivity index (χ3n) is 3.35. The van der Waals surface area contributed by atoms with Crippen LogP contribution in [0.5, 0.6) is 0 Å². The first kappa shape index (κ1) is 16.1. The summed E-state index contributed by atoms with van der Waals surface area (Å²) in [6.45, 7) is 1.89. The number of imide groups is 1. The molecule has 1 saturated heterocycles. The number of hydrogen-bond acceptors (Lipinski definition) is 5. The highest BCUT2D eigenvalue weighted by molar-refractivity contribution is 6.37. The second-order valence-electron chi connectivity index (χ2n) is 4.73. The first-order chi connectivity index (χ1) is 9.38. The predicted molar refractivity (Wildman–Crippen MR) is 69.9 cm³/mol. The van der Waals surface area contributed by atoms with Crippen molar-refractivity contribution < 1.29 is 19.2 Å². The van der Waals surface area contributed by atoms with Gasteiger partial charge in [-0.2, -0.15) is 0 Å². The molecule has 0 aromatic carbocycles. The molecule has 0 radical (unpaired) electrons. The predicted octanol–water partition coefficient (Wildman–Crippen LogP) is -1.96. The van der Waals surface area contributed by atoms with Gasteiger partial charge in [0.05, 0.1) is 0 Å². The molecule has 4 N–H and O–H groups in total. The molecule has 0 unspecified atom stereocenters. The summed E-state index contributed by atoms with van der Waals surface area (Å²) in [5.74, 6) is -2.78. The molecule has 0 saturated carbocycles. The molecule has 0 aliphatic carbocycles. The molecule has 0 aromatic rings. The summed E-state index contributed by atoms with van der Waals surface area (Å²) in [5.41, 5.74) is 10.5. The summed E-state index contributed by atoms with van der Waals surface area (Å²) in [4.78, 5) is 48.5. The lowest BCUT2D eigenvalue weighted by Crippen LogP contribution is -2.51. The number of hydrogen-bond donors (Lipinski definition) is 2. The van der Waals surface area contributed by atoms with Crippen LogP contribution in [0.4, 0.5) is 0 Å². The van der Waals surface area contributed by atoms with Crippen LogP contribution < -0.4 is 11.5 Å². The number of primary amides is 1. The van der Waals surface area contributed by atoms with Crippen molar-refractivity contribution in [3.63, 3.8) is 0 Å². The highest BCUT2D eigenvalue weighted by Gasteiger charge is 2.32. The molecule has 1 aliphatic heterocycles. The SMILES string of the molecule is CC(=O)N(CCN)C(=O)C(=O)N1CCC(C(N)=O)CC1. The molecule has 112 valence electrons. The Balaban J connectivity index is 2.64. The van der Waals surface area contributed by atoms with Gasteiger partial charge in [-0.15, -0.1) is 0 Å². The fourth-order valence-electron chi connectivity index (χ4n) is 2.15. The van der Waals surface area contributed by atoms with Crippen LogP contribution in [0.15, 0.2) is 0 Å². The molecule has 0 aromatic heterocycles. The molecule has 4 amide bonds. The van der Waals surface area contributed by atoms with E-state index in [1.54, 1.807) is 0 Å². The highest BCUT2D eigenvalue weighted by Crippen LogP contribution is 2.17. The Morgan fingerprint density at radius 2 is 1.75 bits per heavy atom. The minimum absolute atomic E-state index is 0.0116. The van der Waals surface area contributed by atoms with E-state index >= 15 is 0 Å². The van der Waals surface area contributed by atoms with Crippen LogP contribution in [0.3, 0.4) is 0 Å². The number of likely N-dealkylation sites (tertiary alicyclic amines) is 1. The van der Waals surface area contributed by atoms with Gasteiger partial charge in [-0.1, -0.05) is 0 Å². The van der Waals surface area contributed by atoms with Gasteiger partial charge in [-0.05, 0) is 12.8 Å². The van der Waals surface area contributed by atoms with Gasteiger partial charge >= 0.3 is 11.8 Å². The van der Waals surface area contributed by atoms with Crippen molar-refractivity contribution in [3.05, 3.63) is 0 Å². The number of piperidine rings is 1. The lowest BCUT2D eigenvalue weighted by Gasteiger charge is -2.31. The quantitative estimate of drug-likeness (QED) is 0.582. The van der Waals surface area contributed by atoms with Gasteiger partial charge < -0.3 is 16.4 Å². The van der Waals surface area contributed by atoms with E-state index in [1.165, 1.54) is 11.8 Å². The molecule has 0 bridgehead atoms. The Kier molecular flexibility index (Phi) is 5.63. The Bertz CT molecular complexity index is 416. The van der Waals surface area contributed by atoms with Crippen molar-refractivity contribution >= 4 is 23.6 Å². The molecule has 1 aliphatic rings. The highest BCUT2D eigenvalue weighted by atomic mass is 16.2. The van der Waals surface area contributed by atoms with E-state index in [-0.39, 0.29) is 32.1 Å². The summed E-state index contributed by atoms with van der Waals surface area (Å²) < 4.78 is 0. The minimum atomic E-state index is -0.875. The molecule has 1 rings (SSSR count). The Labute approximate surface area is 117 Å². The summed E-state index contributed by atoms with van der Waals surface area (Å²) in [7, 11) is 0. The van der Waals surface area contributed by atoms with Crippen LogP contribution in [0.1, 0.15) is 19.8 Å². The van der Waals surface area contributed by atoms with E-state index in [0.717, 1.165) is 4.90 Å². The third-order valence-corrected chi connectivity index (χ3v) is 3.35. The van der Waals surface area contributed by atoms with Gasteiger partial charge in [-0.3, -0.25) is 24.1 Å². The summed E-state index contributed by atoms with van der Waals surface area (Å²) in [6.07, 6.45) is 0.872. The van der Waals surface area contributed by atoms with Crippen molar-refractivity contribution in [2.75, 3.05) is 26.2 Å². The van der Waals surface area contributed by atoms with Gasteiger partial charge in [0, 0.05) is 39.0 Å². The maximum Gasteiger partial charge on any atom is 0.318 e. The van der Waals surface area contributed by atoms with Crippen molar-refractivity contribution in [1.82, 2.24) is 9.80 Å². The fraction of sp³-hybridized carbons (Fsp3) is 0.667. The lowest BCUT2D eigenvalue weighted by molar-refractivity contribution is -0.156. The standard InChI is InChI=1S/C12H20N4O4/c1-8(17)16(7-4-13)12(20)11(19)15-5-2-9(3-6-15)10(14)18/h9H,2-7,13H2,1H3,(H2,14,18). The van der Waals surface area contributed by atoms with Crippen molar-refractivity contribution in [2.24, 2.45) is 17.4 Å². The minimum Gasteiger partial charge on any atom is -0.369 e. The Morgan fingerprint density at radius 1 is 1.20 bits per heavy atom. The molecule has 1 fully saturated rings. The second-order valence-corrected chi connectivity index (χ2v) is 4.73. The average Bonchev–Trinajstić information content (AvgIpc) is 2.43. The van der Waals surface area contributed by atoms with Gasteiger partial charge in [0.25, 0.3) is 0 Å². The maximum atomic E-state index is 12.0. The summed E-state index contributed by atoms with van der Waals surface area (Å²) in [5, 5.41) is 0. The number of rotatable bonds is 3. The normalized spacial score (nSPS) is 15.8. The molecule has 1 heterocycles. The number of carbonyl (C=O) groups excluding carboxylic acids is 4. The maximum absolute atomic E-state index is 12.0. The first-order valence-corrected chi connectivity index (χ1v) is 6.49. The van der Waals surface area contributed by atoms with Gasteiger partial charge in [0.15, 0.2) is 0 Å². The van der Waals surface area contributed by atoms with E-state index in [4.69, 9.17) is 11.5 Å². The zero-order valence-corrected chi connectivity index (χ0v) is 11.5. The molecule has 0 spiro atoms. The second kappa shape index (κ2) is 6.99. The van der Waals surface area contributed by atoms with Crippen LogP contribution in [-0.4, -0.2) is 59.6 Å². The van der Waals surface area contributed by atoms with Crippen LogP contribution in [0.2, 0.25) is 0 Å². The fourth-order valence-corrected chi connectivity index (χ4v) is 2.15. The van der Waals surface area contributed by atoms with Gasteiger partial charge in [0.1, 0.15) is 0 Å². The average molecular weight is 284 g/mol. The number of carbonyl (C=O) groups is 4. The molecule has 8 nitrogen and oxygen atoms in total. The number of nitrogens with zero attached hydrogens (tertiary/aromatic N) is 2. The number of amides is 4. The molecule has 20 heavy (non-hydrogen) atoms. The first-order valence-electron chi connectivity index (χ1n) is 6.49. The van der Waals surface area contributed by atoms with Crippen LogP contribution >= 0.6 is 0 Å². The van der Waals surface area contributed by atoms with Gasteiger partial charge in [-0.25, -0.2) is 0 Å². The molecular weight excluding hydrogens is 264 g/mol. The Morgan fingerprint density at radius 3 is 2.15 bits per heavy atom. The largest absolute Gasteiger partial charge is 0.369 e. The van der Waals surface area contributed by atoms with Gasteiger partial charge in [0.2, 0.25) is 11.8 Å². The zero-order valence-electron chi connectivity index (χ0n) is 11.5. The zero-order chi connectivity index (χ0) is 15.3. The van der Waals surface area contributed by atoms with E-state index < -0.39 is 23.6 Å². The molecule has 0 atom stereocenters.